The highest BCUT2D eigenvalue weighted by Gasteiger charge is 2.33. The van der Waals surface area contributed by atoms with Crippen molar-refractivity contribution in [2.45, 2.75) is 45.7 Å². The molecule has 150 valence electrons. The predicted molar refractivity (Wildman–Crippen MR) is 108 cm³/mol. The maximum absolute atomic E-state index is 13.3. The Labute approximate surface area is 167 Å². The lowest BCUT2D eigenvalue weighted by atomic mass is 9.95. The van der Waals surface area contributed by atoms with Crippen molar-refractivity contribution in [2.24, 2.45) is 13.0 Å². The van der Waals surface area contributed by atoms with Gasteiger partial charge in [-0.2, -0.15) is 0 Å². The van der Waals surface area contributed by atoms with Crippen LogP contribution in [0.1, 0.15) is 38.1 Å². The summed E-state index contributed by atoms with van der Waals surface area (Å²) in [5.41, 5.74) is 1.21. The van der Waals surface area contributed by atoms with E-state index >= 15 is 0 Å². The Morgan fingerprint density at radius 3 is 2.68 bits per heavy atom. The summed E-state index contributed by atoms with van der Waals surface area (Å²) in [5, 5.41) is 0. The summed E-state index contributed by atoms with van der Waals surface area (Å²) in [6, 6.07) is 10.2. The van der Waals surface area contributed by atoms with E-state index in [0.717, 1.165) is 12.2 Å². The van der Waals surface area contributed by atoms with Gasteiger partial charge in [0.25, 0.3) is 0 Å². The molecule has 1 saturated heterocycles. The summed E-state index contributed by atoms with van der Waals surface area (Å²) in [4.78, 5) is 33.7. The summed E-state index contributed by atoms with van der Waals surface area (Å²) in [5.74, 6) is 1.00. The van der Waals surface area contributed by atoms with Crippen LogP contribution in [-0.2, 0) is 29.6 Å². The standard InChI is InChI=1S/C22H30N4O2/c1-17(2)26(16-20-23-12-14-24(20)3)22(28)19-9-10-21(27)25(15-19)13-11-18-7-5-4-6-8-18/h4-8,12,14,17,19H,9-11,13,15-16H2,1-3H3. The summed E-state index contributed by atoms with van der Waals surface area (Å²) < 4.78 is 1.94. The molecule has 1 fully saturated rings. The largest absolute Gasteiger partial charge is 0.342 e. The SMILES string of the molecule is CC(C)N(Cc1nccn1C)C(=O)C1CCC(=O)N(CCc2ccccc2)C1. The first-order chi connectivity index (χ1) is 13.5. The second-order valence-electron chi connectivity index (χ2n) is 7.83. The minimum atomic E-state index is -0.142. The number of carbonyl (C=O) groups is 2. The molecule has 1 unspecified atom stereocenters. The normalized spacial score (nSPS) is 17.2. The molecule has 1 atom stereocenters. The van der Waals surface area contributed by atoms with Crippen molar-refractivity contribution >= 4 is 11.8 Å². The third kappa shape index (κ3) is 4.80. The predicted octanol–water partition coefficient (Wildman–Crippen LogP) is 2.64. The Bertz CT molecular complexity index is 800. The number of piperidine rings is 1. The topological polar surface area (TPSA) is 58.4 Å². The second kappa shape index (κ2) is 9.04. The molecular formula is C22H30N4O2. The number of aryl methyl sites for hydroxylation is 1. The molecule has 6 heteroatoms. The van der Waals surface area contributed by atoms with E-state index in [1.807, 2.05) is 59.7 Å². The highest BCUT2D eigenvalue weighted by Crippen LogP contribution is 2.22. The van der Waals surface area contributed by atoms with Gasteiger partial charge in [0.2, 0.25) is 11.8 Å². The van der Waals surface area contributed by atoms with Crippen molar-refractivity contribution in [2.75, 3.05) is 13.1 Å². The monoisotopic (exact) mass is 382 g/mol. The fraction of sp³-hybridized carbons (Fsp3) is 0.500. The average molecular weight is 383 g/mol. The lowest BCUT2D eigenvalue weighted by Gasteiger charge is -2.36. The molecule has 0 spiro atoms. The molecule has 2 amide bonds. The second-order valence-corrected chi connectivity index (χ2v) is 7.83. The van der Waals surface area contributed by atoms with Crippen molar-refractivity contribution in [3.8, 4) is 0 Å². The van der Waals surface area contributed by atoms with Crippen molar-refractivity contribution in [3.63, 3.8) is 0 Å². The summed E-state index contributed by atoms with van der Waals surface area (Å²) in [6.45, 7) is 5.72. The zero-order valence-electron chi connectivity index (χ0n) is 17.0. The molecule has 28 heavy (non-hydrogen) atoms. The third-order valence-electron chi connectivity index (χ3n) is 5.50. The van der Waals surface area contributed by atoms with Crippen molar-refractivity contribution in [1.82, 2.24) is 19.4 Å². The maximum Gasteiger partial charge on any atom is 0.228 e. The van der Waals surface area contributed by atoms with Crippen molar-refractivity contribution < 1.29 is 9.59 Å². The number of imidazole rings is 1. The summed E-state index contributed by atoms with van der Waals surface area (Å²) >= 11 is 0. The average Bonchev–Trinajstić information content (AvgIpc) is 3.10. The van der Waals surface area contributed by atoms with Crippen LogP contribution in [0.4, 0.5) is 0 Å². The van der Waals surface area contributed by atoms with Crippen LogP contribution in [0.3, 0.4) is 0 Å². The molecule has 3 rings (SSSR count). The first-order valence-electron chi connectivity index (χ1n) is 10.0. The minimum Gasteiger partial charge on any atom is -0.342 e. The molecule has 6 nitrogen and oxygen atoms in total. The van der Waals surface area contributed by atoms with Gasteiger partial charge in [-0.3, -0.25) is 9.59 Å². The molecule has 1 aliphatic heterocycles. The number of rotatable bonds is 7. The van der Waals surface area contributed by atoms with E-state index in [-0.39, 0.29) is 23.8 Å². The zero-order chi connectivity index (χ0) is 20.1. The van der Waals surface area contributed by atoms with Gasteiger partial charge in [0, 0.05) is 45.0 Å². The van der Waals surface area contributed by atoms with Crippen LogP contribution < -0.4 is 0 Å². The number of aromatic nitrogens is 2. The van der Waals surface area contributed by atoms with E-state index < -0.39 is 0 Å². The highest BCUT2D eigenvalue weighted by molar-refractivity contribution is 5.84. The first-order valence-corrected chi connectivity index (χ1v) is 10.0. The number of likely N-dealkylation sites (tertiary alicyclic amines) is 1. The number of carbonyl (C=O) groups excluding carboxylic acids is 2. The van der Waals surface area contributed by atoms with Gasteiger partial charge in [-0.25, -0.2) is 4.98 Å². The van der Waals surface area contributed by atoms with E-state index in [4.69, 9.17) is 0 Å². The lowest BCUT2D eigenvalue weighted by Crippen LogP contribution is -2.49. The van der Waals surface area contributed by atoms with Crippen LogP contribution in [0.5, 0.6) is 0 Å². The molecule has 0 N–H and O–H groups in total. The fourth-order valence-electron chi connectivity index (χ4n) is 3.69. The van der Waals surface area contributed by atoms with E-state index in [2.05, 4.69) is 17.1 Å². The molecule has 1 aromatic carbocycles. The molecule has 0 saturated carbocycles. The molecule has 1 aromatic heterocycles. The number of hydrogen-bond donors (Lipinski definition) is 0. The lowest BCUT2D eigenvalue weighted by molar-refractivity contribution is -0.144. The Morgan fingerprint density at radius 1 is 1.29 bits per heavy atom. The van der Waals surface area contributed by atoms with Crippen molar-refractivity contribution in [3.05, 3.63) is 54.1 Å². The Hall–Kier alpha value is -2.63. The van der Waals surface area contributed by atoms with Gasteiger partial charge in [0.15, 0.2) is 0 Å². The summed E-state index contributed by atoms with van der Waals surface area (Å²) in [7, 11) is 1.94. The van der Waals surface area contributed by atoms with E-state index in [1.54, 1.807) is 6.20 Å². The van der Waals surface area contributed by atoms with Crippen LogP contribution >= 0.6 is 0 Å². The van der Waals surface area contributed by atoms with Gasteiger partial charge in [0.05, 0.1) is 12.5 Å². The van der Waals surface area contributed by atoms with E-state index in [9.17, 15) is 9.59 Å². The van der Waals surface area contributed by atoms with Crippen molar-refractivity contribution in [1.29, 1.82) is 0 Å². The smallest absolute Gasteiger partial charge is 0.228 e. The summed E-state index contributed by atoms with van der Waals surface area (Å²) in [6.07, 6.45) is 5.53. The van der Waals surface area contributed by atoms with Crippen LogP contribution in [0.15, 0.2) is 42.7 Å². The Balaban J connectivity index is 1.64. The number of amides is 2. The van der Waals surface area contributed by atoms with Gasteiger partial charge < -0.3 is 14.4 Å². The van der Waals surface area contributed by atoms with Gasteiger partial charge in [-0.1, -0.05) is 30.3 Å². The number of hydrogen-bond acceptors (Lipinski definition) is 3. The molecule has 1 aliphatic rings. The maximum atomic E-state index is 13.3. The molecule has 0 bridgehead atoms. The van der Waals surface area contributed by atoms with Gasteiger partial charge in [-0.15, -0.1) is 0 Å². The molecule has 2 heterocycles. The molecular weight excluding hydrogens is 352 g/mol. The van der Waals surface area contributed by atoms with E-state index in [0.29, 0.717) is 32.5 Å². The fourth-order valence-corrected chi connectivity index (χ4v) is 3.69. The third-order valence-corrected chi connectivity index (χ3v) is 5.50. The zero-order valence-corrected chi connectivity index (χ0v) is 17.0. The van der Waals surface area contributed by atoms with Crippen LogP contribution in [0.25, 0.3) is 0 Å². The molecule has 0 aliphatic carbocycles. The van der Waals surface area contributed by atoms with Crippen LogP contribution in [0.2, 0.25) is 0 Å². The van der Waals surface area contributed by atoms with E-state index in [1.165, 1.54) is 5.56 Å². The van der Waals surface area contributed by atoms with Gasteiger partial charge in [0.1, 0.15) is 5.82 Å². The van der Waals surface area contributed by atoms with Crippen LogP contribution in [-0.4, -0.2) is 50.3 Å². The Kier molecular flexibility index (Phi) is 6.49. The minimum absolute atomic E-state index is 0.0830. The first kappa shape index (κ1) is 20.1. The Morgan fingerprint density at radius 2 is 2.04 bits per heavy atom. The van der Waals surface area contributed by atoms with Gasteiger partial charge in [-0.05, 0) is 32.3 Å². The number of nitrogens with zero attached hydrogens (tertiary/aromatic N) is 4. The van der Waals surface area contributed by atoms with Gasteiger partial charge >= 0.3 is 0 Å². The quantitative estimate of drug-likeness (QED) is 0.740. The molecule has 2 aromatic rings. The van der Waals surface area contributed by atoms with Crippen LogP contribution in [0, 0.1) is 5.92 Å². The number of benzene rings is 1. The molecule has 0 radical (unpaired) electrons. The highest BCUT2D eigenvalue weighted by atomic mass is 16.2.